The molecule has 1 fully saturated rings. The largest absolute Gasteiger partial charge is 0.356 e. The van der Waals surface area contributed by atoms with Gasteiger partial charge in [-0.2, -0.15) is 0 Å². The molecule has 0 aliphatic carbocycles. The minimum Gasteiger partial charge on any atom is -0.356 e. The summed E-state index contributed by atoms with van der Waals surface area (Å²) in [6, 6.07) is 0. The van der Waals surface area contributed by atoms with Crippen molar-refractivity contribution in [3.8, 4) is 0 Å². The molecule has 1 aliphatic heterocycles. The Morgan fingerprint density at radius 3 is 2.18 bits per heavy atom. The van der Waals surface area contributed by atoms with E-state index < -0.39 is 10.8 Å². The summed E-state index contributed by atoms with van der Waals surface area (Å²) in [5, 5.41) is 3.37. The number of nitrogens with one attached hydrogen (secondary N) is 1. The minimum atomic E-state index is -0.843. The van der Waals surface area contributed by atoms with Crippen LogP contribution in [0.15, 0.2) is 4.99 Å². The van der Waals surface area contributed by atoms with Gasteiger partial charge in [0.15, 0.2) is 5.96 Å². The zero-order chi connectivity index (χ0) is 16.5. The lowest BCUT2D eigenvalue weighted by Crippen LogP contribution is -2.72. The third-order valence-electron chi connectivity index (χ3n) is 4.70. The highest BCUT2D eigenvalue weighted by atomic mass is 127. The maximum Gasteiger partial charge on any atom is 0.194 e. The number of guanidine groups is 1. The van der Waals surface area contributed by atoms with Crippen molar-refractivity contribution in [3.63, 3.8) is 0 Å². The van der Waals surface area contributed by atoms with Crippen molar-refractivity contribution in [3.05, 3.63) is 0 Å². The van der Waals surface area contributed by atoms with Gasteiger partial charge in [0.05, 0.1) is 6.54 Å². The fraction of sp³-hybridized carbons (Fsp3) is 0.938. The van der Waals surface area contributed by atoms with Crippen LogP contribution in [-0.2, 0) is 10.8 Å². The Labute approximate surface area is 156 Å². The van der Waals surface area contributed by atoms with Gasteiger partial charge in [0.2, 0.25) is 0 Å². The highest BCUT2D eigenvalue weighted by Crippen LogP contribution is 2.46. The molecule has 0 radical (unpaired) electrons. The Hall–Kier alpha value is 0.150. The van der Waals surface area contributed by atoms with E-state index in [9.17, 15) is 4.21 Å². The van der Waals surface area contributed by atoms with Crippen LogP contribution in [0.2, 0.25) is 0 Å². The maximum atomic E-state index is 12.1. The van der Waals surface area contributed by atoms with E-state index in [4.69, 9.17) is 0 Å². The van der Waals surface area contributed by atoms with E-state index in [1.807, 2.05) is 20.8 Å². The lowest BCUT2D eigenvalue weighted by atomic mass is 9.65. The van der Waals surface area contributed by atoms with Gasteiger partial charge >= 0.3 is 0 Å². The van der Waals surface area contributed by atoms with Gasteiger partial charge in [0.1, 0.15) is 0 Å². The Morgan fingerprint density at radius 1 is 1.27 bits per heavy atom. The second kappa shape index (κ2) is 7.81. The summed E-state index contributed by atoms with van der Waals surface area (Å²) < 4.78 is 11.9. The van der Waals surface area contributed by atoms with Gasteiger partial charge in [-0.3, -0.25) is 9.20 Å². The molecule has 0 bridgehead atoms. The third-order valence-corrected chi connectivity index (χ3v) is 6.62. The van der Waals surface area contributed by atoms with Crippen LogP contribution in [0.5, 0.6) is 0 Å². The Morgan fingerprint density at radius 2 is 1.82 bits per heavy atom. The number of halogens is 1. The lowest BCUT2D eigenvalue weighted by molar-refractivity contribution is -0.0667. The van der Waals surface area contributed by atoms with E-state index in [0.717, 1.165) is 19.0 Å². The van der Waals surface area contributed by atoms with Crippen LogP contribution in [0.4, 0.5) is 0 Å². The predicted molar refractivity (Wildman–Crippen MR) is 109 cm³/mol. The fourth-order valence-corrected chi connectivity index (χ4v) is 3.21. The van der Waals surface area contributed by atoms with Crippen molar-refractivity contribution in [2.45, 2.75) is 65.7 Å². The van der Waals surface area contributed by atoms with Crippen LogP contribution < -0.4 is 5.32 Å². The molecule has 1 rings (SSSR count). The topological polar surface area (TPSA) is 44.7 Å². The Bertz CT molecular complexity index is 428. The van der Waals surface area contributed by atoms with Crippen LogP contribution in [0.3, 0.4) is 0 Å². The second-order valence-corrected chi connectivity index (χ2v) is 10.3. The number of hydrogen-bond acceptors (Lipinski definition) is 2. The van der Waals surface area contributed by atoms with Gasteiger partial charge in [-0.15, -0.1) is 24.0 Å². The van der Waals surface area contributed by atoms with Crippen molar-refractivity contribution >= 4 is 40.7 Å². The van der Waals surface area contributed by atoms with Crippen LogP contribution in [0.1, 0.15) is 55.4 Å². The molecule has 0 spiro atoms. The molecular weight excluding hydrogens is 409 g/mol. The number of hydrogen-bond donors (Lipinski definition) is 1. The van der Waals surface area contributed by atoms with Gasteiger partial charge in [-0.1, -0.05) is 13.8 Å². The zero-order valence-corrected chi connectivity index (χ0v) is 18.6. The SMILES string of the molecule is CCNC(=NCCS(=O)C(C)(C)C)N1CC(C)(C)C1(C)C.I. The average Bonchev–Trinajstić information content (AvgIpc) is 2.33. The molecule has 0 aromatic carbocycles. The normalized spacial score (nSPS) is 21.6. The van der Waals surface area contributed by atoms with Crippen molar-refractivity contribution in [2.75, 3.05) is 25.4 Å². The molecule has 0 saturated carbocycles. The second-order valence-electron chi connectivity index (χ2n) is 7.93. The van der Waals surface area contributed by atoms with Gasteiger partial charge in [-0.25, -0.2) is 0 Å². The molecule has 1 atom stereocenters. The van der Waals surface area contributed by atoms with E-state index in [2.05, 4.69) is 49.8 Å². The predicted octanol–water partition coefficient (Wildman–Crippen LogP) is 3.24. The van der Waals surface area contributed by atoms with Gasteiger partial charge in [-0.05, 0) is 41.5 Å². The summed E-state index contributed by atoms with van der Waals surface area (Å²) >= 11 is 0. The summed E-state index contributed by atoms with van der Waals surface area (Å²) in [6.07, 6.45) is 0. The lowest BCUT2D eigenvalue weighted by Gasteiger charge is -2.62. The molecule has 132 valence electrons. The van der Waals surface area contributed by atoms with Crippen molar-refractivity contribution in [1.82, 2.24) is 10.2 Å². The van der Waals surface area contributed by atoms with E-state index in [1.165, 1.54) is 0 Å². The van der Waals surface area contributed by atoms with Crippen LogP contribution in [-0.4, -0.2) is 50.7 Å². The average molecular weight is 443 g/mol. The zero-order valence-electron chi connectivity index (χ0n) is 15.4. The van der Waals surface area contributed by atoms with Crippen molar-refractivity contribution in [1.29, 1.82) is 0 Å². The molecule has 0 aromatic heterocycles. The van der Waals surface area contributed by atoms with Crippen LogP contribution >= 0.6 is 24.0 Å². The Balaban J connectivity index is 0.00000441. The van der Waals surface area contributed by atoms with E-state index >= 15 is 0 Å². The first-order valence-electron chi connectivity index (χ1n) is 7.88. The van der Waals surface area contributed by atoms with Gasteiger partial charge in [0, 0.05) is 45.3 Å². The van der Waals surface area contributed by atoms with Crippen LogP contribution in [0.25, 0.3) is 0 Å². The first-order chi connectivity index (χ1) is 9.43. The summed E-state index contributed by atoms with van der Waals surface area (Å²) in [5.74, 6) is 1.57. The molecule has 22 heavy (non-hydrogen) atoms. The Kier molecular flexibility index (Phi) is 7.87. The third kappa shape index (κ3) is 4.82. The smallest absolute Gasteiger partial charge is 0.194 e. The molecule has 1 saturated heterocycles. The molecular formula is C16H34IN3OS. The number of aliphatic imine (C=N–C) groups is 1. The number of likely N-dealkylation sites (tertiary alicyclic amines) is 1. The van der Waals surface area contributed by atoms with Crippen LogP contribution in [0, 0.1) is 5.41 Å². The summed E-state index contributed by atoms with van der Waals surface area (Å²) in [5.41, 5.74) is 0.384. The molecule has 6 heteroatoms. The molecule has 1 heterocycles. The molecule has 4 nitrogen and oxygen atoms in total. The molecule has 1 aliphatic rings. The van der Waals surface area contributed by atoms with E-state index in [0.29, 0.717) is 12.3 Å². The molecule has 0 aromatic rings. The maximum absolute atomic E-state index is 12.1. The summed E-state index contributed by atoms with van der Waals surface area (Å²) in [7, 11) is -0.843. The first kappa shape index (κ1) is 22.1. The fourth-order valence-electron chi connectivity index (χ4n) is 2.34. The first-order valence-corrected chi connectivity index (χ1v) is 9.20. The highest BCUT2D eigenvalue weighted by Gasteiger charge is 2.53. The minimum absolute atomic E-state index is 0. The standard InChI is InChI=1S/C16H33N3OS.HI/c1-9-17-13(18-10-11-21(20)14(2,3)4)19-12-15(5,6)16(19,7)8;/h9-12H2,1-8H3,(H,17,18);1H. The monoisotopic (exact) mass is 443 g/mol. The number of rotatable bonds is 4. The van der Waals surface area contributed by atoms with Crippen molar-refractivity contribution in [2.24, 2.45) is 10.4 Å². The van der Waals surface area contributed by atoms with Gasteiger partial charge < -0.3 is 10.2 Å². The summed E-state index contributed by atoms with van der Waals surface area (Å²) in [4.78, 5) is 7.02. The van der Waals surface area contributed by atoms with E-state index in [1.54, 1.807) is 0 Å². The summed E-state index contributed by atoms with van der Waals surface area (Å²) in [6.45, 7) is 19.7. The molecule has 1 unspecified atom stereocenters. The van der Waals surface area contributed by atoms with Crippen molar-refractivity contribution < 1.29 is 4.21 Å². The highest BCUT2D eigenvalue weighted by molar-refractivity contribution is 14.0. The molecule has 1 N–H and O–H groups in total. The van der Waals surface area contributed by atoms with Gasteiger partial charge in [0.25, 0.3) is 0 Å². The van der Waals surface area contributed by atoms with E-state index in [-0.39, 0.29) is 39.7 Å². The molecule has 0 amide bonds. The quantitative estimate of drug-likeness (QED) is 0.412. The number of nitrogens with zero attached hydrogens (tertiary/aromatic N) is 2.